The van der Waals surface area contributed by atoms with Crippen LogP contribution in [0.15, 0.2) is 36.4 Å². The Labute approximate surface area is 125 Å². The Morgan fingerprint density at radius 3 is 2.19 bits per heavy atom. The molecule has 0 aromatic heterocycles. The minimum absolute atomic E-state index is 0.249. The second-order valence-corrected chi connectivity index (χ2v) is 5.03. The highest BCUT2D eigenvalue weighted by atomic mass is 16.5. The quantitative estimate of drug-likeness (QED) is 0.884. The molecule has 0 saturated heterocycles. The van der Waals surface area contributed by atoms with E-state index in [-0.39, 0.29) is 6.03 Å². The van der Waals surface area contributed by atoms with Gasteiger partial charge in [0.05, 0.1) is 7.11 Å². The fourth-order valence-electron chi connectivity index (χ4n) is 2.18. The second-order valence-electron chi connectivity index (χ2n) is 5.03. The fraction of sp³-hybridized carbons (Fsp3) is 0.235. The van der Waals surface area contributed by atoms with Crippen LogP contribution in [-0.2, 0) is 0 Å². The third-order valence-electron chi connectivity index (χ3n) is 3.40. The smallest absolute Gasteiger partial charge is 0.323 e. The lowest BCUT2D eigenvalue weighted by Crippen LogP contribution is -2.21. The Morgan fingerprint density at radius 1 is 0.952 bits per heavy atom. The van der Waals surface area contributed by atoms with Crippen molar-refractivity contribution in [2.75, 3.05) is 17.7 Å². The zero-order chi connectivity index (χ0) is 15.4. The van der Waals surface area contributed by atoms with Gasteiger partial charge in [-0.1, -0.05) is 18.2 Å². The molecule has 0 unspecified atom stereocenters. The van der Waals surface area contributed by atoms with Crippen LogP contribution in [-0.4, -0.2) is 13.1 Å². The van der Waals surface area contributed by atoms with Crippen LogP contribution in [0.1, 0.15) is 16.7 Å². The largest absolute Gasteiger partial charge is 0.497 e. The van der Waals surface area contributed by atoms with Crippen LogP contribution in [0, 0.1) is 20.8 Å². The van der Waals surface area contributed by atoms with Crippen molar-refractivity contribution in [3.8, 4) is 5.75 Å². The predicted octanol–water partition coefficient (Wildman–Crippen LogP) is 4.26. The summed E-state index contributed by atoms with van der Waals surface area (Å²) < 4.78 is 5.15. The Morgan fingerprint density at radius 2 is 1.62 bits per heavy atom. The van der Waals surface area contributed by atoms with Gasteiger partial charge in [0.15, 0.2) is 0 Å². The minimum atomic E-state index is -0.249. The maximum absolute atomic E-state index is 12.1. The number of anilines is 2. The molecule has 2 rings (SSSR count). The molecule has 4 nitrogen and oxygen atoms in total. The van der Waals surface area contributed by atoms with Crippen molar-refractivity contribution >= 4 is 17.4 Å². The van der Waals surface area contributed by atoms with Crippen LogP contribution in [0.5, 0.6) is 5.75 Å². The van der Waals surface area contributed by atoms with E-state index in [4.69, 9.17) is 4.74 Å². The molecule has 0 spiro atoms. The van der Waals surface area contributed by atoms with Crippen LogP contribution in [0.4, 0.5) is 16.2 Å². The molecule has 2 aromatic rings. The summed E-state index contributed by atoms with van der Waals surface area (Å²) in [6, 6.07) is 11.2. The van der Waals surface area contributed by atoms with Gasteiger partial charge in [0.2, 0.25) is 0 Å². The SMILES string of the molecule is COc1ccc(NC(=O)Nc2c(C)cccc2C)c(C)c1. The monoisotopic (exact) mass is 284 g/mol. The molecule has 0 aliphatic carbocycles. The van der Waals surface area contributed by atoms with Crippen molar-refractivity contribution < 1.29 is 9.53 Å². The number of amides is 2. The number of para-hydroxylation sites is 1. The first kappa shape index (κ1) is 14.9. The average molecular weight is 284 g/mol. The van der Waals surface area contributed by atoms with Crippen molar-refractivity contribution in [1.29, 1.82) is 0 Å². The fourth-order valence-corrected chi connectivity index (χ4v) is 2.18. The number of benzene rings is 2. The molecule has 0 bridgehead atoms. The maximum Gasteiger partial charge on any atom is 0.323 e. The molecule has 0 aliphatic rings. The van der Waals surface area contributed by atoms with Gasteiger partial charge in [-0.25, -0.2) is 4.79 Å². The molecular formula is C17H20N2O2. The van der Waals surface area contributed by atoms with Crippen LogP contribution >= 0.6 is 0 Å². The third-order valence-corrected chi connectivity index (χ3v) is 3.40. The number of hydrogen-bond acceptors (Lipinski definition) is 2. The molecule has 2 amide bonds. The summed E-state index contributed by atoms with van der Waals surface area (Å²) in [4.78, 5) is 12.1. The number of hydrogen-bond donors (Lipinski definition) is 2. The average Bonchev–Trinajstić information content (AvgIpc) is 2.45. The highest BCUT2D eigenvalue weighted by Gasteiger charge is 2.09. The summed E-state index contributed by atoms with van der Waals surface area (Å²) in [5.41, 5.74) is 4.64. The first-order valence-corrected chi connectivity index (χ1v) is 6.80. The van der Waals surface area contributed by atoms with E-state index in [0.29, 0.717) is 0 Å². The lowest BCUT2D eigenvalue weighted by Gasteiger charge is -2.14. The predicted molar refractivity (Wildman–Crippen MR) is 86.3 cm³/mol. The van der Waals surface area contributed by atoms with Crippen LogP contribution < -0.4 is 15.4 Å². The van der Waals surface area contributed by atoms with Crippen molar-refractivity contribution in [2.24, 2.45) is 0 Å². The Bertz CT molecular complexity index is 646. The van der Waals surface area contributed by atoms with Gasteiger partial charge in [0.1, 0.15) is 5.75 Å². The standard InChI is InChI=1S/C17H20N2O2/c1-11-6-5-7-12(2)16(11)19-17(20)18-15-9-8-14(21-4)10-13(15)3/h5-10H,1-4H3,(H2,18,19,20). The zero-order valence-electron chi connectivity index (χ0n) is 12.8. The highest BCUT2D eigenvalue weighted by molar-refractivity contribution is 6.01. The first-order valence-electron chi connectivity index (χ1n) is 6.80. The van der Waals surface area contributed by atoms with E-state index in [2.05, 4.69) is 10.6 Å². The van der Waals surface area contributed by atoms with E-state index in [1.807, 2.05) is 57.2 Å². The van der Waals surface area contributed by atoms with E-state index >= 15 is 0 Å². The van der Waals surface area contributed by atoms with Crippen molar-refractivity contribution in [1.82, 2.24) is 0 Å². The second kappa shape index (κ2) is 6.31. The summed E-state index contributed by atoms with van der Waals surface area (Å²) >= 11 is 0. The molecule has 0 saturated carbocycles. The van der Waals surface area contributed by atoms with Gasteiger partial charge < -0.3 is 15.4 Å². The number of nitrogens with one attached hydrogen (secondary N) is 2. The lowest BCUT2D eigenvalue weighted by molar-refractivity contribution is 0.262. The summed E-state index contributed by atoms with van der Waals surface area (Å²) in [5, 5.41) is 5.76. The summed E-state index contributed by atoms with van der Waals surface area (Å²) in [7, 11) is 1.62. The highest BCUT2D eigenvalue weighted by Crippen LogP contribution is 2.22. The molecule has 0 radical (unpaired) electrons. The Hall–Kier alpha value is -2.49. The minimum Gasteiger partial charge on any atom is -0.497 e. The molecule has 0 aliphatic heterocycles. The van der Waals surface area contributed by atoms with Crippen LogP contribution in [0.25, 0.3) is 0 Å². The molecule has 0 heterocycles. The molecule has 2 N–H and O–H groups in total. The number of carbonyl (C=O) groups excluding carboxylic acids is 1. The van der Waals surface area contributed by atoms with Gasteiger partial charge in [0, 0.05) is 11.4 Å². The molecule has 4 heteroatoms. The van der Waals surface area contributed by atoms with E-state index < -0.39 is 0 Å². The third kappa shape index (κ3) is 3.54. The van der Waals surface area contributed by atoms with E-state index in [9.17, 15) is 4.79 Å². The van der Waals surface area contributed by atoms with E-state index in [1.165, 1.54) is 0 Å². The van der Waals surface area contributed by atoms with Gasteiger partial charge in [0.25, 0.3) is 0 Å². The summed E-state index contributed by atoms with van der Waals surface area (Å²) in [5.74, 6) is 0.771. The number of carbonyl (C=O) groups is 1. The molecule has 0 fully saturated rings. The molecule has 2 aromatic carbocycles. The number of ether oxygens (including phenoxy) is 1. The summed E-state index contributed by atoms with van der Waals surface area (Å²) in [6.07, 6.45) is 0. The Balaban J connectivity index is 2.12. The Kier molecular flexibility index (Phi) is 4.48. The maximum atomic E-state index is 12.1. The summed E-state index contributed by atoms with van der Waals surface area (Å²) in [6.45, 7) is 5.87. The van der Waals surface area contributed by atoms with Gasteiger partial charge in [-0.3, -0.25) is 0 Å². The number of urea groups is 1. The number of methoxy groups -OCH3 is 1. The zero-order valence-corrected chi connectivity index (χ0v) is 12.8. The number of rotatable bonds is 3. The van der Waals surface area contributed by atoms with Gasteiger partial charge in [-0.05, 0) is 55.7 Å². The molecule has 110 valence electrons. The molecular weight excluding hydrogens is 264 g/mol. The van der Waals surface area contributed by atoms with Crippen molar-refractivity contribution in [3.63, 3.8) is 0 Å². The van der Waals surface area contributed by atoms with Crippen LogP contribution in [0.2, 0.25) is 0 Å². The van der Waals surface area contributed by atoms with Gasteiger partial charge in [-0.15, -0.1) is 0 Å². The van der Waals surface area contributed by atoms with E-state index in [0.717, 1.165) is 33.8 Å². The molecule has 0 atom stereocenters. The molecule has 21 heavy (non-hydrogen) atoms. The van der Waals surface area contributed by atoms with Gasteiger partial charge in [-0.2, -0.15) is 0 Å². The number of aryl methyl sites for hydroxylation is 3. The van der Waals surface area contributed by atoms with Gasteiger partial charge >= 0.3 is 6.03 Å². The topological polar surface area (TPSA) is 50.4 Å². The lowest BCUT2D eigenvalue weighted by atomic mass is 10.1. The van der Waals surface area contributed by atoms with Crippen molar-refractivity contribution in [3.05, 3.63) is 53.1 Å². The normalized spacial score (nSPS) is 10.1. The van der Waals surface area contributed by atoms with Crippen molar-refractivity contribution in [2.45, 2.75) is 20.8 Å². The first-order chi connectivity index (χ1) is 10.0. The van der Waals surface area contributed by atoms with E-state index in [1.54, 1.807) is 7.11 Å². The van der Waals surface area contributed by atoms with Crippen LogP contribution in [0.3, 0.4) is 0 Å².